The summed E-state index contributed by atoms with van der Waals surface area (Å²) in [6, 6.07) is -3.19. The van der Waals surface area contributed by atoms with E-state index < -0.39 is 133 Å². The molecule has 2 fully saturated rings. The van der Waals surface area contributed by atoms with E-state index in [1.807, 2.05) is 0 Å². The molecule has 2 aliphatic heterocycles. The molecule has 84 heavy (non-hydrogen) atoms. The summed E-state index contributed by atoms with van der Waals surface area (Å²) >= 11 is 0. The zero-order valence-electron chi connectivity index (χ0n) is 51.1. The first kappa shape index (κ1) is 78.3. The van der Waals surface area contributed by atoms with Gasteiger partial charge in [0, 0.05) is 6.42 Å². The van der Waals surface area contributed by atoms with Gasteiger partial charge in [-0.15, -0.1) is 0 Å². The van der Waals surface area contributed by atoms with Gasteiger partial charge in [-0.2, -0.15) is 0 Å². The van der Waals surface area contributed by atoms with Crippen molar-refractivity contribution >= 4 is 33.4 Å². The largest absolute Gasteiger partial charge is 0.472 e. The Morgan fingerprint density at radius 1 is 0.548 bits per heavy atom. The Morgan fingerprint density at radius 2 is 1.01 bits per heavy atom. The summed E-state index contributed by atoms with van der Waals surface area (Å²) in [5.74, 6) is -1.94. The minimum atomic E-state index is -5.37. The standard InChI is InChI=1S/C58H113N3O21P2/c1-4-7-10-13-16-19-22-25-28-33-44(63)40-48(64)60-51-54(68)53(67)47(81-57(51)75-38-39-78-84(73,74)77-37-32-31-36-59)43-76-58-52(55(69)56(46(42-62)80-58)82-83(70,71)72)61-49(65)41-45(34-29-26-23-20-17-14-11-8-5-2)79-50(66)35-30-27-24-21-18-15-12-9-6-3/h44-47,51-58,62-63,67-69H,4-43,59H2,1-3H3,(H,60,64)(H,61,65)(H,73,74)(H2,70,71,72)/t44-,45-,46-,47-,51-,52-,53-,54-,55-,56-,57+,58-/m1/s1. The molecule has 12 N–H and O–H groups in total. The Bertz CT molecular complexity index is 1790. The van der Waals surface area contributed by atoms with E-state index in [4.69, 9.17) is 43.0 Å². The lowest BCUT2D eigenvalue weighted by molar-refractivity contribution is -0.303. The predicted molar refractivity (Wildman–Crippen MR) is 316 cm³/mol. The average molecular weight is 1250 g/mol. The third kappa shape index (κ3) is 36.0. The van der Waals surface area contributed by atoms with Crippen LogP contribution >= 0.6 is 15.6 Å². The van der Waals surface area contributed by atoms with Crippen LogP contribution in [0.25, 0.3) is 0 Å². The first-order valence-electron chi connectivity index (χ1n) is 32.0. The molecule has 26 heteroatoms. The van der Waals surface area contributed by atoms with Crippen molar-refractivity contribution in [1.29, 1.82) is 0 Å². The zero-order valence-corrected chi connectivity index (χ0v) is 52.9. The lowest BCUT2D eigenvalue weighted by atomic mass is 9.95. The van der Waals surface area contributed by atoms with E-state index in [2.05, 4.69) is 31.4 Å². The number of carbonyl (C=O) groups is 3. The van der Waals surface area contributed by atoms with Crippen LogP contribution in [0.4, 0.5) is 0 Å². The molecule has 0 aromatic carbocycles. The van der Waals surface area contributed by atoms with Crippen molar-refractivity contribution in [2.24, 2.45) is 5.73 Å². The van der Waals surface area contributed by atoms with E-state index in [0.717, 1.165) is 89.9 Å². The van der Waals surface area contributed by atoms with Crippen LogP contribution in [0.2, 0.25) is 0 Å². The SMILES string of the molecule is CCCCCCCCCCCC(=O)O[C@H](CCCCCCCCCCC)CC(=O)N[C@H]1[C@H](OC[C@H]2O[C@H](OCCOP(=O)(O)OCCCCN)[C@H](NC(=O)C[C@H](O)CCCCCCCCCCC)[C@@H](O)[C@@H]2O)O[C@H](CO)[C@@H](OP(=O)(O)O)[C@@H]1O. The highest BCUT2D eigenvalue weighted by molar-refractivity contribution is 7.47. The number of unbranched alkanes of at least 4 members (excludes halogenated alkanes) is 25. The second-order valence-electron chi connectivity index (χ2n) is 22.8. The molecule has 2 amide bonds. The second kappa shape index (κ2) is 47.2. The van der Waals surface area contributed by atoms with E-state index in [-0.39, 0.29) is 25.9 Å². The summed E-state index contributed by atoms with van der Waals surface area (Å²) in [5.41, 5.74) is 5.49. The van der Waals surface area contributed by atoms with Crippen LogP contribution in [0.3, 0.4) is 0 Å². The number of ether oxygens (including phenoxy) is 5. The number of rotatable bonds is 53. The van der Waals surface area contributed by atoms with Crippen LogP contribution in [-0.4, -0.2) is 171 Å². The van der Waals surface area contributed by atoms with Crippen molar-refractivity contribution in [2.45, 2.75) is 313 Å². The molecule has 0 radical (unpaired) electrons. The summed E-state index contributed by atoms with van der Waals surface area (Å²) in [6.07, 6.45) is 13.3. The molecule has 1 unspecified atom stereocenters. The molecule has 2 heterocycles. The van der Waals surface area contributed by atoms with Gasteiger partial charge in [-0.3, -0.25) is 28.0 Å². The first-order valence-corrected chi connectivity index (χ1v) is 35.0. The third-order valence-corrected chi connectivity index (χ3v) is 16.8. The maximum Gasteiger partial charge on any atom is 0.472 e. The summed E-state index contributed by atoms with van der Waals surface area (Å²) in [5, 5.41) is 61.1. The van der Waals surface area contributed by atoms with Crippen LogP contribution in [0.5, 0.6) is 0 Å². The predicted octanol–water partition coefficient (Wildman–Crippen LogP) is 7.68. The maximum absolute atomic E-state index is 14.1. The number of phosphoric ester groups is 2. The van der Waals surface area contributed by atoms with Crippen molar-refractivity contribution in [3.63, 3.8) is 0 Å². The highest BCUT2D eigenvalue weighted by atomic mass is 31.2. The van der Waals surface area contributed by atoms with Crippen molar-refractivity contribution < 1.29 is 101 Å². The number of aliphatic hydroxyl groups excluding tert-OH is 5. The Hall–Kier alpha value is -1.77. The topological polar surface area (TPSA) is 371 Å². The van der Waals surface area contributed by atoms with Gasteiger partial charge in [0.25, 0.3) is 0 Å². The molecular formula is C58H113N3O21P2. The summed E-state index contributed by atoms with van der Waals surface area (Å²) in [7, 11) is -9.92. The number of esters is 1. The monoisotopic (exact) mass is 1250 g/mol. The number of nitrogens with two attached hydrogens (primary N) is 1. The molecule has 24 nitrogen and oxygen atoms in total. The maximum atomic E-state index is 14.1. The quantitative estimate of drug-likeness (QED) is 0.0158. The normalized spacial score (nSPS) is 24.3. The second-order valence-corrected chi connectivity index (χ2v) is 25.5. The van der Waals surface area contributed by atoms with Gasteiger partial charge in [-0.05, 0) is 45.1 Å². The summed E-state index contributed by atoms with van der Waals surface area (Å²) < 4.78 is 69.3. The van der Waals surface area contributed by atoms with Crippen molar-refractivity contribution in [3.05, 3.63) is 0 Å². The fourth-order valence-corrected chi connectivity index (χ4v) is 11.7. The van der Waals surface area contributed by atoms with Gasteiger partial charge in [0.15, 0.2) is 12.6 Å². The Balaban J connectivity index is 2.29. The summed E-state index contributed by atoms with van der Waals surface area (Å²) in [4.78, 5) is 70.5. The number of aliphatic hydroxyl groups is 5. The molecule has 0 spiro atoms. The van der Waals surface area contributed by atoms with Gasteiger partial charge in [0.05, 0.1) is 52.0 Å². The molecule has 13 atom stereocenters. The third-order valence-electron chi connectivity index (χ3n) is 15.3. The highest BCUT2D eigenvalue weighted by Crippen LogP contribution is 2.43. The minimum absolute atomic E-state index is 0.111. The van der Waals surface area contributed by atoms with E-state index >= 15 is 0 Å². The van der Waals surface area contributed by atoms with E-state index in [0.29, 0.717) is 51.5 Å². The number of phosphoric acid groups is 2. The highest BCUT2D eigenvalue weighted by Gasteiger charge is 2.51. The van der Waals surface area contributed by atoms with Gasteiger partial charge in [0.1, 0.15) is 54.8 Å². The van der Waals surface area contributed by atoms with E-state index in [1.54, 1.807) is 0 Å². The molecule has 0 aliphatic carbocycles. The Labute approximate surface area is 501 Å². The lowest BCUT2D eigenvalue weighted by Gasteiger charge is -2.45. The molecule has 2 aliphatic rings. The van der Waals surface area contributed by atoms with E-state index in [1.165, 1.54) is 64.2 Å². The van der Waals surface area contributed by atoms with Gasteiger partial charge >= 0.3 is 21.6 Å². The fraction of sp³-hybridized carbons (Fsp3) is 0.948. The fourth-order valence-electron chi connectivity index (χ4n) is 10.4. The molecule has 0 aromatic rings. The van der Waals surface area contributed by atoms with Crippen LogP contribution in [-0.2, 0) is 60.8 Å². The average Bonchev–Trinajstić information content (AvgIpc) is 3.00. The zero-order chi connectivity index (χ0) is 62.0. The molecular weight excluding hydrogens is 1140 g/mol. The smallest absolute Gasteiger partial charge is 0.462 e. The van der Waals surface area contributed by atoms with Crippen molar-refractivity contribution in [1.82, 2.24) is 10.6 Å². The Kier molecular flexibility index (Phi) is 44.0. The number of hydrogen-bond acceptors (Lipinski definition) is 19. The van der Waals surface area contributed by atoms with E-state index in [9.17, 15) is 63.7 Å². The van der Waals surface area contributed by atoms with Crippen molar-refractivity contribution in [2.75, 3.05) is 39.6 Å². The Morgan fingerprint density at radius 3 is 1.54 bits per heavy atom. The first-order chi connectivity index (χ1) is 40.3. The lowest BCUT2D eigenvalue weighted by Crippen LogP contribution is -2.67. The van der Waals surface area contributed by atoms with Crippen LogP contribution < -0.4 is 16.4 Å². The van der Waals surface area contributed by atoms with Crippen LogP contribution in [0, 0.1) is 0 Å². The van der Waals surface area contributed by atoms with Gasteiger partial charge in [-0.25, -0.2) is 9.13 Å². The number of carbonyl (C=O) groups excluding carboxylic acids is 3. The van der Waals surface area contributed by atoms with Gasteiger partial charge in [-0.1, -0.05) is 181 Å². The summed E-state index contributed by atoms with van der Waals surface area (Å²) in [6.45, 7) is 4.04. The van der Waals surface area contributed by atoms with Crippen LogP contribution in [0.15, 0.2) is 0 Å². The molecule has 0 bridgehead atoms. The van der Waals surface area contributed by atoms with Crippen LogP contribution in [0.1, 0.15) is 239 Å². The molecule has 2 rings (SSSR count). The van der Waals surface area contributed by atoms with Gasteiger partial charge < -0.3 is 80.3 Å². The molecule has 2 saturated heterocycles. The minimum Gasteiger partial charge on any atom is -0.462 e. The van der Waals surface area contributed by atoms with Gasteiger partial charge in [0.2, 0.25) is 11.8 Å². The molecule has 496 valence electrons. The number of amides is 2. The number of hydrogen-bond donors (Lipinski definition) is 11. The molecule has 0 aromatic heterocycles. The number of nitrogens with one attached hydrogen (secondary N) is 2. The molecule has 0 saturated carbocycles. The van der Waals surface area contributed by atoms with Crippen molar-refractivity contribution in [3.8, 4) is 0 Å².